The first-order valence-electron chi connectivity index (χ1n) is 6.79. The minimum Gasteiger partial charge on any atom is -0.303 e. The molecule has 0 saturated heterocycles. The Morgan fingerprint density at radius 2 is 1.73 bits per heavy atom. The number of hydrogen-bond acceptors (Lipinski definition) is 1. The molecule has 0 aliphatic heterocycles. The van der Waals surface area contributed by atoms with Crippen molar-refractivity contribution >= 4 is 0 Å². The van der Waals surface area contributed by atoms with Gasteiger partial charge in [-0.2, -0.15) is 0 Å². The van der Waals surface area contributed by atoms with E-state index in [1.165, 1.54) is 38.6 Å². The smallest absolute Gasteiger partial charge is 0.00933 e. The van der Waals surface area contributed by atoms with Gasteiger partial charge in [0.15, 0.2) is 0 Å². The van der Waals surface area contributed by atoms with Gasteiger partial charge < -0.3 is 4.90 Å². The minimum atomic E-state index is 0.697. The summed E-state index contributed by atoms with van der Waals surface area (Å²) in [7, 11) is 2.29. The zero-order valence-corrected chi connectivity index (χ0v) is 11.3. The van der Waals surface area contributed by atoms with Crippen LogP contribution in [-0.4, -0.2) is 24.5 Å². The normalized spacial score (nSPS) is 34.4. The fourth-order valence-electron chi connectivity index (χ4n) is 2.97. The molecule has 2 saturated carbocycles. The molecule has 2 aliphatic carbocycles. The Balaban J connectivity index is 0.000000531. The molecule has 0 bridgehead atoms. The molecule has 0 atom stereocenters. The van der Waals surface area contributed by atoms with Gasteiger partial charge in [0.1, 0.15) is 0 Å². The second-order valence-corrected chi connectivity index (χ2v) is 5.79. The predicted octanol–water partition coefficient (Wildman–Crippen LogP) is 3.93. The van der Waals surface area contributed by atoms with Crippen LogP contribution in [0.4, 0.5) is 0 Å². The van der Waals surface area contributed by atoms with Crippen molar-refractivity contribution in [3.8, 4) is 0 Å². The van der Waals surface area contributed by atoms with Gasteiger partial charge in [0.05, 0.1) is 0 Å². The summed E-state index contributed by atoms with van der Waals surface area (Å²) in [6.07, 6.45) is 7.24. The van der Waals surface area contributed by atoms with Crippen molar-refractivity contribution in [3.05, 3.63) is 0 Å². The van der Waals surface area contributed by atoms with Crippen LogP contribution in [0, 0.1) is 11.3 Å². The lowest BCUT2D eigenvalue weighted by Gasteiger charge is -2.44. The van der Waals surface area contributed by atoms with Crippen LogP contribution in [0.3, 0.4) is 0 Å². The molecule has 0 aromatic rings. The Kier molecular flexibility index (Phi) is 4.64. The van der Waals surface area contributed by atoms with Crippen molar-refractivity contribution in [1.82, 2.24) is 4.90 Å². The van der Waals surface area contributed by atoms with Gasteiger partial charge in [-0.1, -0.05) is 27.7 Å². The molecule has 2 rings (SSSR count). The van der Waals surface area contributed by atoms with Gasteiger partial charge in [0.25, 0.3) is 0 Å². The lowest BCUT2D eigenvalue weighted by atomic mass is 9.62. The van der Waals surface area contributed by atoms with Crippen molar-refractivity contribution < 1.29 is 0 Å². The first kappa shape index (κ1) is 13.0. The number of hydrogen-bond donors (Lipinski definition) is 0. The molecular formula is C14H29N. The quantitative estimate of drug-likeness (QED) is 0.681. The molecule has 0 heterocycles. The van der Waals surface area contributed by atoms with E-state index < -0.39 is 0 Å². The van der Waals surface area contributed by atoms with Crippen LogP contribution >= 0.6 is 0 Å². The molecule has 90 valence electrons. The summed E-state index contributed by atoms with van der Waals surface area (Å²) in [6, 6.07) is 0.945. The topological polar surface area (TPSA) is 3.24 Å². The summed E-state index contributed by atoms with van der Waals surface area (Å²) < 4.78 is 0. The lowest BCUT2D eigenvalue weighted by molar-refractivity contribution is 0.0650. The van der Waals surface area contributed by atoms with Crippen LogP contribution in [-0.2, 0) is 0 Å². The molecule has 0 amide bonds. The highest BCUT2D eigenvalue weighted by molar-refractivity contribution is 4.90. The van der Waals surface area contributed by atoms with E-state index in [2.05, 4.69) is 25.8 Å². The van der Waals surface area contributed by atoms with Crippen molar-refractivity contribution in [2.75, 3.05) is 13.6 Å². The zero-order valence-electron chi connectivity index (χ0n) is 11.3. The average molecular weight is 211 g/mol. The van der Waals surface area contributed by atoms with Gasteiger partial charge in [0.2, 0.25) is 0 Å². The van der Waals surface area contributed by atoms with E-state index in [-0.39, 0.29) is 0 Å². The van der Waals surface area contributed by atoms with Gasteiger partial charge in [-0.05, 0) is 57.0 Å². The molecule has 0 radical (unpaired) electrons. The molecule has 2 fully saturated rings. The fraction of sp³-hybridized carbons (Fsp3) is 1.00. The van der Waals surface area contributed by atoms with E-state index in [1.54, 1.807) is 0 Å². The first-order valence-corrected chi connectivity index (χ1v) is 6.79. The zero-order chi connectivity index (χ0) is 11.5. The van der Waals surface area contributed by atoms with E-state index in [4.69, 9.17) is 0 Å². The van der Waals surface area contributed by atoms with E-state index in [0.717, 1.165) is 12.0 Å². The van der Waals surface area contributed by atoms with Gasteiger partial charge in [0, 0.05) is 6.04 Å². The molecule has 0 N–H and O–H groups in total. The molecule has 0 aromatic heterocycles. The van der Waals surface area contributed by atoms with Crippen molar-refractivity contribution in [3.63, 3.8) is 0 Å². The van der Waals surface area contributed by atoms with Crippen LogP contribution in [0.15, 0.2) is 0 Å². The second-order valence-electron chi connectivity index (χ2n) is 5.79. The Labute approximate surface area is 96.2 Å². The maximum Gasteiger partial charge on any atom is 0.00933 e. The largest absolute Gasteiger partial charge is 0.303 e. The molecule has 1 heteroatoms. The summed E-state index contributed by atoms with van der Waals surface area (Å²) >= 11 is 0. The van der Waals surface area contributed by atoms with Crippen LogP contribution in [0.1, 0.15) is 59.8 Å². The highest BCUT2D eigenvalue weighted by atomic mass is 15.1. The van der Waals surface area contributed by atoms with Crippen molar-refractivity contribution in [2.24, 2.45) is 11.3 Å². The Bertz CT molecular complexity index is 178. The summed E-state index contributed by atoms with van der Waals surface area (Å²) in [6.45, 7) is 10.2. The van der Waals surface area contributed by atoms with Crippen molar-refractivity contribution in [2.45, 2.75) is 65.8 Å². The van der Waals surface area contributed by atoms with E-state index in [1.807, 2.05) is 13.8 Å². The summed E-state index contributed by atoms with van der Waals surface area (Å²) in [5.41, 5.74) is 0.697. The van der Waals surface area contributed by atoms with E-state index in [0.29, 0.717) is 5.41 Å². The van der Waals surface area contributed by atoms with Gasteiger partial charge >= 0.3 is 0 Å². The van der Waals surface area contributed by atoms with Gasteiger partial charge in [-0.25, -0.2) is 0 Å². The second kappa shape index (κ2) is 5.34. The number of nitrogens with zero attached hydrogens (tertiary/aromatic N) is 1. The Hall–Kier alpha value is -0.0400. The third kappa shape index (κ3) is 3.79. The predicted molar refractivity (Wildman–Crippen MR) is 68.1 cm³/mol. The third-order valence-corrected chi connectivity index (χ3v) is 3.92. The summed E-state index contributed by atoms with van der Waals surface area (Å²) in [5.74, 6) is 0.997. The average Bonchev–Trinajstić information content (AvgIpc) is 2.98. The molecule has 1 nitrogen and oxygen atoms in total. The lowest BCUT2D eigenvalue weighted by Crippen LogP contribution is -2.36. The standard InChI is InChI=1S/C12H23N.C2H6/c1-10-8-12(2,9-10)6-7-13(3)11-4-5-11;1-2/h10-11H,4-9H2,1-3H3;1-2H3. The van der Waals surface area contributed by atoms with Crippen LogP contribution < -0.4 is 0 Å². The highest BCUT2D eigenvalue weighted by Gasteiger charge is 2.38. The molecule has 0 spiro atoms. The highest BCUT2D eigenvalue weighted by Crippen LogP contribution is 2.47. The fourth-order valence-corrected chi connectivity index (χ4v) is 2.97. The molecule has 2 aliphatic rings. The maximum absolute atomic E-state index is 2.56. The molecular weight excluding hydrogens is 182 g/mol. The van der Waals surface area contributed by atoms with E-state index >= 15 is 0 Å². The van der Waals surface area contributed by atoms with Crippen LogP contribution in [0.5, 0.6) is 0 Å². The van der Waals surface area contributed by atoms with Crippen molar-refractivity contribution in [1.29, 1.82) is 0 Å². The van der Waals surface area contributed by atoms with E-state index in [9.17, 15) is 0 Å². The SMILES string of the molecule is CC.CC1CC(C)(CCN(C)C2CC2)C1. The van der Waals surface area contributed by atoms with Crippen LogP contribution in [0.2, 0.25) is 0 Å². The van der Waals surface area contributed by atoms with Gasteiger partial charge in [-0.3, -0.25) is 0 Å². The number of rotatable bonds is 4. The molecule has 15 heavy (non-hydrogen) atoms. The third-order valence-electron chi connectivity index (χ3n) is 3.92. The van der Waals surface area contributed by atoms with Crippen LogP contribution in [0.25, 0.3) is 0 Å². The Morgan fingerprint density at radius 3 is 2.13 bits per heavy atom. The summed E-state index contributed by atoms with van der Waals surface area (Å²) in [5, 5.41) is 0. The summed E-state index contributed by atoms with van der Waals surface area (Å²) in [4.78, 5) is 2.56. The minimum absolute atomic E-state index is 0.697. The molecule has 0 unspecified atom stereocenters. The molecule has 0 aromatic carbocycles. The first-order chi connectivity index (χ1) is 7.09. The maximum atomic E-state index is 2.56. The van der Waals surface area contributed by atoms with Gasteiger partial charge in [-0.15, -0.1) is 0 Å². The Morgan fingerprint density at radius 1 is 1.20 bits per heavy atom. The monoisotopic (exact) mass is 211 g/mol.